The number of anilines is 1. The third kappa shape index (κ3) is 2.00. The molecule has 0 atom stereocenters. The molecule has 0 bridgehead atoms. The molecule has 3 heteroatoms. The van der Waals surface area contributed by atoms with Gasteiger partial charge in [0, 0.05) is 5.69 Å². The van der Waals surface area contributed by atoms with Crippen LogP contribution in [0.15, 0.2) is 30.8 Å². The van der Waals surface area contributed by atoms with E-state index >= 15 is 0 Å². The van der Waals surface area contributed by atoms with Crippen molar-refractivity contribution in [1.82, 2.24) is 5.48 Å². The van der Waals surface area contributed by atoms with Crippen LogP contribution in [0.2, 0.25) is 0 Å². The van der Waals surface area contributed by atoms with Gasteiger partial charge in [-0.25, -0.2) is 0 Å². The second kappa shape index (κ2) is 3.78. The lowest BCUT2D eigenvalue weighted by Crippen LogP contribution is -2.08. The van der Waals surface area contributed by atoms with Gasteiger partial charge >= 0.3 is 0 Å². The topological polar surface area (TPSA) is 47.3 Å². The van der Waals surface area contributed by atoms with Crippen molar-refractivity contribution in [2.75, 3.05) is 12.8 Å². The second-order valence-corrected chi connectivity index (χ2v) is 2.41. The van der Waals surface area contributed by atoms with Crippen LogP contribution in [0.4, 0.5) is 5.69 Å². The third-order valence-corrected chi connectivity index (χ3v) is 1.48. The first-order valence-corrected chi connectivity index (χ1v) is 3.58. The predicted molar refractivity (Wildman–Crippen MR) is 50.0 cm³/mol. The van der Waals surface area contributed by atoms with Gasteiger partial charge in [0.05, 0.1) is 12.8 Å². The summed E-state index contributed by atoms with van der Waals surface area (Å²) in [5.74, 6) is 0. The molecular weight excluding hydrogens is 152 g/mol. The molecule has 0 aliphatic heterocycles. The zero-order valence-corrected chi connectivity index (χ0v) is 7.00. The van der Waals surface area contributed by atoms with Gasteiger partial charge in [-0.2, -0.15) is 0 Å². The van der Waals surface area contributed by atoms with Crippen LogP contribution < -0.4 is 11.2 Å². The molecule has 0 amide bonds. The number of nitrogens with two attached hydrogens (primary N) is 1. The maximum Gasteiger partial charge on any atom is 0.0636 e. The molecule has 1 aromatic carbocycles. The Bertz CT molecular complexity index is 266. The van der Waals surface area contributed by atoms with Crippen molar-refractivity contribution in [1.29, 1.82) is 0 Å². The summed E-state index contributed by atoms with van der Waals surface area (Å²) in [6, 6.07) is 7.39. The average molecular weight is 164 g/mol. The van der Waals surface area contributed by atoms with E-state index in [2.05, 4.69) is 12.1 Å². The van der Waals surface area contributed by atoms with Crippen molar-refractivity contribution in [3.8, 4) is 0 Å². The molecule has 12 heavy (non-hydrogen) atoms. The second-order valence-electron chi connectivity index (χ2n) is 2.41. The van der Waals surface area contributed by atoms with E-state index in [0.29, 0.717) is 0 Å². The van der Waals surface area contributed by atoms with Gasteiger partial charge in [-0.3, -0.25) is 10.3 Å². The molecule has 0 heterocycles. The predicted octanol–water partition coefficient (Wildman–Crippen LogP) is 1.39. The molecule has 0 fully saturated rings. The van der Waals surface area contributed by atoms with Crippen LogP contribution >= 0.6 is 0 Å². The highest BCUT2D eigenvalue weighted by Gasteiger charge is 1.95. The van der Waals surface area contributed by atoms with Gasteiger partial charge in [-0.05, 0) is 17.7 Å². The summed E-state index contributed by atoms with van der Waals surface area (Å²) in [5.41, 5.74) is 10.6. The number of hydroxylamine groups is 1. The number of benzene rings is 1. The zero-order valence-electron chi connectivity index (χ0n) is 7.00. The molecule has 1 rings (SSSR count). The maximum atomic E-state index is 5.52. The van der Waals surface area contributed by atoms with Gasteiger partial charge < -0.3 is 5.73 Å². The molecule has 3 nitrogen and oxygen atoms in total. The van der Waals surface area contributed by atoms with Gasteiger partial charge in [0.25, 0.3) is 0 Å². The van der Waals surface area contributed by atoms with Crippen molar-refractivity contribution in [2.24, 2.45) is 0 Å². The molecule has 0 unspecified atom stereocenters. The van der Waals surface area contributed by atoms with Crippen LogP contribution in [-0.2, 0) is 4.84 Å². The Morgan fingerprint density at radius 2 is 2.00 bits per heavy atom. The van der Waals surface area contributed by atoms with E-state index in [9.17, 15) is 0 Å². The summed E-state index contributed by atoms with van der Waals surface area (Å²) in [6.07, 6.45) is 0. The quantitative estimate of drug-likeness (QED) is 0.524. The summed E-state index contributed by atoms with van der Waals surface area (Å²) in [5, 5.41) is 0. The largest absolute Gasteiger partial charge is 0.399 e. The fourth-order valence-corrected chi connectivity index (χ4v) is 0.866. The Morgan fingerprint density at radius 3 is 2.50 bits per heavy atom. The summed E-state index contributed by atoms with van der Waals surface area (Å²) in [7, 11) is 1.54. The van der Waals surface area contributed by atoms with Crippen LogP contribution in [-0.4, -0.2) is 7.11 Å². The first-order valence-electron chi connectivity index (χ1n) is 3.58. The Balaban J connectivity index is 2.75. The smallest absolute Gasteiger partial charge is 0.0636 e. The minimum atomic E-state index is 0.720. The van der Waals surface area contributed by atoms with Gasteiger partial charge in [0.2, 0.25) is 0 Å². The van der Waals surface area contributed by atoms with Gasteiger partial charge in [0.1, 0.15) is 0 Å². The van der Waals surface area contributed by atoms with E-state index in [-0.39, 0.29) is 0 Å². The fourth-order valence-electron chi connectivity index (χ4n) is 0.866. The Kier molecular flexibility index (Phi) is 2.71. The van der Waals surface area contributed by atoms with E-state index in [4.69, 9.17) is 10.6 Å². The maximum absolute atomic E-state index is 5.52. The SMILES string of the molecule is C=C(NOC)c1ccc(N)cc1. The lowest BCUT2D eigenvalue weighted by atomic mass is 10.2. The van der Waals surface area contributed by atoms with Crippen molar-refractivity contribution in [2.45, 2.75) is 0 Å². The lowest BCUT2D eigenvalue weighted by Gasteiger charge is -2.06. The summed E-state index contributed by atoms with van der Waals surface area (Å²) >= 11 is 0. The number of nitrogens with one attached hydrogen (secondary N) is 1. The molecule has 0 saturated heterocycles. The van der Waals surface area contributed by atoms with Crippen molar-refractivity contribution in [3.63, 3.8) is 0 Å². The minimum absolute atomic E-state index is 0.720. The van der Waals surface area contributed by atoms with Crippen molar-refractivity contribution in [3.05, 3.63) is 36.4 Å². The van der Waals surface area contributed by atoms with Gasteiger partial charge in [-0.1, -0.05) is 18.7 Å². The molecule has 0 saturated carbocycles. The van der Waals surface area contributed by atoms with Crippen LogP contribution in [0.3, 0.4) is 0 Å². The van der Waals surface area contributed by atoms with E-state index in [1.54, 1.807) is 7.11 Å². The highest BCUT2D eigenvalue weighted by Crippen LogP contribution is 2.11. The van der Waals surface area contributed by atoms with Gasteiger partial charge in [-0.15, -0.1) is 0 Å². The molecule has 0 aliphatic carbocycles. The van der Waals surface area contributed by atoms with Gasteiger partial charge in [0.15, 0.2) is 0 Å². The molecule has 3 N–H and O–H groups in total. The molecule has 0 aromatic heterocycles. The van der Waals surface area contributed by atoms with Crippen LogP contribution in [0.25, 0.3) is 5.70 Å². The Hall–Kier alpha value is -1.48. The van der Waals surface area contributed by atoms with E-state index in [1.165, 1.54) is 0 Å². The van der Waals surface area contributed by atoms with E-state index < -0.39 is 0 Å². The number of hydrogen-bond acceptors (Lipinski definition) is 3. The molecule has 1 aromatic rings. The average Bonchev–Trinajstić information content (AvgIpc) is 2.06. The minimum Gasteiger partial charge on any atom is -0.399 e. The number of rotatable bonds is 3. The summed E-state index contributed by atoms with van der Waals surface area (Å²) < 4.78 is 0. The van der Waals surface area contributed by atoms with Crippen LogP contribution in [0, 0.1) is 0 Å². The third-order valence-electron chi connectivity index (χ3n) is 1.48. The fraction of sp³-hybridized carbons (Fsp3) is 0.111. The number of nitrogen functional groups attached to an aromatic ring is 1. The standard InChI is InChI=1S/C9H12N2O/c1-7(11-12-2)8-3-5-9(10)6-4-8/h3-6,11H,1,10H2,2H3. The molecule has 0 spiro atoms. The molecule has 0 aliphatic rings. The monoisotopic (exact) mass is 164 g/mol. The number of hydrogen-bond donors (Lipinski definition) is 2. The normalized spacial score (nSPS) is 9.42. The highest BCUT2D eigenvalue weighted by molar-refractivity contribution is 5.62. The molecular formula is C9H12N2O. The van der Waals surface area contributed by atoms with E-state index in [1.807, 2.05) is 24.3 Å². The lowest BCUT2D eigenvalue weighted by molar-refractivity contribution is 0.137. The molecule has 0 radical (unpaired) electrons. The summed E-state index contributed by atoms with van der Waals surface area (Å²) in [6.45, 7) is 3.77. The van der Waals surface area contributed by atoms with Crippen LogP contribution in [0.1, 0.15) is 5.56 Å². The Labute approximate surface area is 71.8 Å². The summed E-state index contributed by atoms with van der Waals surface area (Å²) in [4.78, 5) is 4.71. The first kappa shape index (κ1) is 8.62. The molecule has 64 valence electrons. The van der Waals surface area contributed by atoms with E-state index in [0.717, 1.165) is 16.9 Å². The van der Waals surface area contributed by atoms with Crippen molar-refractivity contribution < 1.29 is 4.84 Å². The highest BCUT2D eigenvalue weighted by atomic mass is 16.6. The van der Waals surface area contributed by atoms with Crippen molar-refractivity contribution >= 4 is 11.4 Å². The first-order chi connectivity index (χ1) is 5.74. The van der Waals surface area contributed by atoms with Crippen LogP contribution in [0.5, 0.6) is 0 Å². The zero-order chi connectivity index (χ0) is 8.97. The Morgan fingerprint density at radius 1 is 1.42 bits per heavy atom.